The maximum Gasteiger partial charge on any atom is 0.239 e. The van der Waals surface area contributed by atoms with Crippen molar-refractivity contribution in [3.8, 4) is 10.6 Å². The molecule has 23 heavy (non-hydrogen) atoms. The maximum absolute atomic E-state index is 12.3. The number of rotatable bonds is 6. The van der Waals surface area contributed by atoms with Gasteiger partial charge < -0.3 is 9.88 Å². The molecule has 120 valence electrons. The van der Waals surface area contributed by atoms with Crippen LogP contribution in [0.4, 0.5) is 0 Å². The summed E-state index contributed by atoms with van der Waals surface area (Å²) < 4.78 is 2.07. The predicted molar refractivity (Wildman–Crippen MR) is 98.2 cm³/mol. The zero-order valence-corrected chi connectivity index (χ0v) is 14.6. The number of unbranched alkanes of at least 4 members (excludes halogenated alkanes) is 1. The minimum atomic E-state index is 0.0451. The molecule has 0 saturated carbocycles. The average molecular weight is 347 g/mol. The zero-order chi connectivity index (χ0) is 16.2. The number of carbonyl (C=O) groups excluding carboxylic acids is 1. The third-order valence-corrected chi connectivity index (χ3v) is 4.92. The van der Waals surface area contributed by atoms with Crippen molar-refractivity contribution in [1.82, 2.24) is 9.88 Å². The molecule has 0 saturated heterocycles. The number of benzene rings is 1. The molecule has 5 heteroatoms. The highest BCUT2D eigenvalue weighted by Crippen LogP contribution is 2.32. The number of amides is 1. The molecule has 1 N–H and O–H groups in total. The molecule has 0 aliphatic heterocycles. The van der Waals surface area contributed by atoms with Crippen molar-refractivity contribution in [2.45, 2.75) is 26.3 Å². The van der Waals surface area contributed by atoms with Gasteiger partial charge in [0.15, 0.2) is 0 Å². The molecule has 2 aromatic heterocycles. The first-order chi connectivity index (χ1) is 11.2. The Labute approximate surface area is 144 Å². The number of nitrogens with one attached hydrogen (secondary N) is 1. The van der Waals surface area contributed by atoms with E-state index in [0.717, 1.165) is 40.9 Å². The van der Waals surface area contributed by atoms with Gasteiger partial charge in [-0.3, -0.25) is 4.79 Å². The molecule has 1 aromatic carbocycles. The number of hydrogen-bond donors (Lipinski definition) is 1. The third-order valence-electron chi connectivity index (χ3n) is 3.79. The first-order valence-electron chi connectivity index (χ1n) is 7.78. The van der Waals surface area contributed by atoms with Gasteiger partial charge in [-0.05, 0) is 42.1 Å². The van der Waals surface area contributed by atoms with Gasteiger partial charge >= 0.3 is 0 Å². The Kier molecular flexibility index (Phi) is 5.03. The minimum Gasteiger partial charge on any atom is -0.355 e. The smallest absolute Gasteiger partial charge is 0.239 e. The van der Waals surface area contributed by atoms with Crippen LogP contribution < -0.4 is 5.32 Å². The molecule has 3 nitrogen and oxygen atoms in total. The van der Waals surface area contributed by atoms with Crippen LogP contribution in [0.1, 0.15) is 19.8 Å². The number of hydrogen-bond acceptors (Lipinski definition) is 2. The second-order valence-corrected chi connectivity index (χ2v) is 6.88. The van der Waals surface area contributed by atoms with E-state index in [-0.39, 0.29) is 5.91 Å². The van der Waals surface area contributed by atoms with Crippen LogP contribution in [0.15, 0.2) is 41.8 Å². The van der Waals surface area contributed by atoms with Crippen molar-refractivity contribution in [3.63, 3.8) is 0 Å². The second kappa shape index (κ2) is 7.20. The SMILES string of the molecule is CCCCNC(=O)Cn1c(-c2cccs2)cc2cc(Cl)ccc21. The normalized spacial score (nSPS) is 11.0. The number of carbonyl (C=O) groups is 1. The lowest BCUT2D eigenvalue weighted by molar-refractivity contribution is -0.121. The molecule has 0 aliphatic rings. The van der Waals surface area contributed by atoms with Gasteiger partial charge in [0, 0.05) is 22.5 Å². The van der Waals surface area contributed by atoms with Crippen molar-refractivity contribution >= 4 is 39.7 Å². The van der Waals surface area contributed by atoms with Gasteiger partial charge in [-0.1, -0.05) is 31.0 Å². The standard InChI is InChI=1S/C18H19ClN2OS/c1-2-3-8-20-18(22)12-21-15-7-6-14(19)10-13(15)11-16(21)17-5-4-9-23-17/h4-7,9-11H,2-3,8,12H2,1H3,(H,20,22). The molecule has 0 spiro atoms. The molecule has 0 aliphatic carbocycles. The van der Waals surface area contributed by atoms with Crippen molar-refractivity contribution in [2.24, 2.45) is 0 Å². The monoisotopic (exact) mass is 346 g/mol. The summed E-state index contributed by atoms with van der Waals surface area (Å²) >= 11 is 7.78. The number of halogens is 1. The highest BCUT2D eigenvalue weighted by Gasteiger charge is 2.14. The number of fused-ring (bicyclic) bond motifs is 1. The highest BCUT2D eigenvalue weighted by molar-refractivity contribution is 7.13. The van der Waals surface area contributed by atoms with E-state index in [1.54, 1.807) is 11.3 Å². The largest absolute Gasteiger partial charge is 0.355 e. The lowest BCUT2D eigenvalue weighted by Crippen LogP contribution is -2.28. The van der Waals surface area contributed by atoms with Crippen molar-refractivity contribution in [1.29, 1.82) is 0 Å². The van der Waals surface area contributed by atoms with Gasteiger partial charge in [0.2, 0.25) is 5.91 Å². The topological polar surface area (TPSA) is 34.0 Å². The number of aromatic nitrogens is 1. The maximum atomic E-state index is 12.3. The van der Waals surface area contributed by atoms with Crippen LogP contribution in [0.2, 0.25) is 5.02 Å². The van der Waals surface area contributed by atoms with Gasteiger partial charge in [-0.25, -0.2) is 0 Å². The minimum absolute atomic E-state index is 0.0451. The fourth-order valence-corrected chi connectivity index (χ4v) is 3.58. The quantitative estimate of drug-likeness (QED) is 0.630. The predicted octanol–water partition coefficient (Wildman–Crippen LogP) is 4.94. The first-order valence-corrected chi connectivity index (χ1v) is 9.04. The molecule has 0 atom stereocenters. The third kappa shape index (κ3) is 3.59. The van der Waals surface area contributed by atoms with Gasteiger partial charge in [-0.15, -0.1) is 11.3 Å². The van der Waals surface area contributed by atoms with Crippen LogP contribution >= 0.6 is 22.9 Å². The van der Waals surface area contributed by atoms with Crippen LogP contribution in [0, 0.1) is 0 Å². The van der Waals surface area contributed by atoms with Crippen LogP contribution in [0.5, 0.6) is 0 Å². The Hall–Kier alpha value is -1.78. The summed E-state index contributed by atoms with van der Waals surface area (Å²) in [5.74, 6) is 0.0451. The molecule has 2 heterocycles. The number of thiophene rings is 1. The van der Waals surface area contributed by atoms with Gasteiger partial charge in [-0.2, -0.15) is 0 Å². The van der Waals surface area contributed by atoms with E-state index in [0.29, 0.717) is 11.6 Å². The van der Waals surface area contributed by atoms with E-state index in [9.17, 15) is 4.79 Å². The molecule has 0 radical (unpaired) electrons. The van der Waals surface area contributed by atoms with Crippen molar-refractivity contribution in [3.05, 3.63) is 46.8 Å². The Bertz CT molecular complexity index is 808. The Balaban J connectivity index is 1.96. The van der Waals surface area contributed by atoms with Crippen LogP contribution in [0.3, 0.4) is 0 Å². The fraction of sp³-hybridized carbons (Fsp3) is 0.278. The summed E-state index contributed by atoms with van der Waals surface area (Å²) in [6.07, 6.45) is 2.08. The fourth-order valence-electron chi connectivity index (χ4n) is 2.64. The van der Waals surface area contributed by atoms with Gasteiger partial charge in [0.05, 0.1) is 10.6 Å². The summed E-state index contributed by atoms with van der Waals surface area (Å²) in [6.45, 7) is 3.17. The summed E-state index contributed by atoms with van der Waals surface area (Å²) in [5.41, 5.74) is 2.09. The summed E-state index contributed by atoms with van der Waals surface area (Å²) in [6, 6.07) is 12.0. The molecular formula is C18H19ClN2OS. The van der Waals surface area contributed by atoms with E-state index in [2.05, 4.69) is 28.9 Å². The lowest BCUT2D eigenvalue weighted by Gasteiger charge is -2.10. The van der Waals surface area contributed by atoms with Crippen molar-refractivity contribution in [2.75, 3.05) is 6.54 Å². The summed E-state index contributed by atoms with van der Waals surface area (Å²) in [5, 5.41) is 6.80. The van der Waals surface area contributed by atoms with E-state index in [1.165, 1.54) is 0 Å². The highest BCUT2D eigenvalue weighted by atomic mass is 35.5. The van der Waals surface area contributed by atoms with E-state index in [4.69, 9.17) is 11.6 Å². The van der Waals surface area contributed by atoms with Crippen molar-refractivity contribution < 1.29 is 4.79 Å². The van der Waals surface area contributed by atoms with Crippen LogP contribution in [0.25, 0.3) is 21.5 Å². The molecule has 0 unspecified atom stereocenters. The molecular weight excluding hydrogens is 328 g/mol. The van der Waals surface area contributed by atoms with Crippen LogP contribution in [-0.4, -0.2) is 17.0 Å². The molecule has 3 rings (SSSR count). The van der Waals surface area contributed by atoms with E-state index in [1.807, 2.05) is 29.6 Å². The molecule has 1 amide bonds. The summed E-state index contributed by atoms with van der Waals surface area (Å²) in [4.78, 5) is 13.4. The van der Waals surface area contributed by atoms with Gasteiger partial charge in [0.1, 0.15) is 6.54 Å². The number of nitrogens with zero attached hydrogens (tertiary/aromatic N) is 1. The van der Waals surface area contributed by atoms with E-state index >= 15 is 0 Å². The van der Waals surface area contributed by atoms with Crippen LogP contribution in [-0.2, 0) is 11.3 Å². The average Bonchev–Trinajstić information content (AvgIpc) is 3.15. The molecule has 3 aromatic rings. The Morgan fingerprint density at radius 2 is 2.17 bits per heavy atom. The first kappa shape index (κ1) is 16.1. The van der Waals surface area contributed by atoms with E-state index < -0.39 is 0 Å². The Morgan fingerprint density at radius 1 is 1.30 bits per heavy atom. The molecule has 0 bridgehead atoms. The lowest BCUT2D eigenvalue weighted by atomic mass is 10.2. The summed E-state index contributed by atoms with van der Waals surface area (Å²) in [7, 11) is 0. The Morgan fingerprint density at radius 3 is 2.91 bits per heavy atom. The molecule has 0 fully saturated rings. The zero-order valence-electron chi connectivity index (χ0n) is 13.0. The second-order valence-electron chi connectivity index (χ2n) is 5.50. The van der Waals surface area contributed by atoms with Gasteiger partial charge in [0.25, 0.3) is 0 Å².